The minimum absolute atomic E-state index is 0.288. The highest BCUT2D eigenvalue weighted by molar-refractivity contribution is 5.55. The highest BCUT2D eigenvalue weighted by Gasteiger charge is 1.99. The van der Waals surface area contributed by atoms with Gasteiger partial charge in [0.2, 0.25) is 0 Å². The molecular formula is C14H20N2O. The maximum atomic E-state index is 8.82. The topological polar surface area (TPSA) is 56.0 Å². The van der Waals surface area contributed by atoms with Crippen molar-refractivity contribution in [3.8, 4) is 6.07 Å². The molecule has 0 radical (unpaired) electrons. The Morgan fingerprint density at radius 3 is 2.71 bits per heavy atom. The van der Waals surface area contributed by atoms with Crippen LogP contribution in [0.3, 0.4) is 0 Å². The number of hydrogen-bond donors (Lipinski definition) is 2. The summed E-state index contributed by atoms with van der Waals surface area (Å²) in [5.74, 6) is 0. The van der Waals surface area contributed by atoms with Crippen molar-refractivity contribution in [1.29, 1.82) is 5.26 Å². The van der Waals surface area contributed by atoms with Crippen LogP contribution < -0.4 is 5.32 Å². The van der Waals surface area contributed by atoms with Gasteiger partial charge in [0.15, 0.2) is 0 Å². The fourth-order valence-electron chi connectivity index (χ4n) is 1.70. The summed E-state index contributed by atoms with van der Waals surface area (Å²) >= 11 is 0. The van der Waals surface area contributed by atoms with E-state index in [1.54, 1.807) is 0 Å². The van der Waals surface area contributed by atoms with E-state index in [4.69, 9.17) is 10.4 Å². The zero-order valence-electron chi connectivity index (χ0n) is 10.4. The van der Waals surface area contributed by atoms with Gasteiger partial charge in [0, 0.05) is 18.8 Å². The van der Waals surface area contributed by atoms with Crippen molar-refractivity contribution in [3.63, 3.8) is 0 Å². The average Bonchev–Trinajstić information content (AvgIpc) is 2.35. The van der Waals surface area contributed by atoms with Gasteiger partial charge in [-0.25, -0.2) is 0 Å². The Bertz CT molecular complexity index is 382. The summed E-state index contributed by atoms with van der Waals surface area (Å²) in [7, 11) is 0. The predicted molar refractivity (Wildman–Crippen MR) is 69.9 cm³/mol. The Hall–Kier alpha value is -1.53. The lowest BCUT2D eigenvalue weighted by Gasteiger charge is -2.09. The maximum Gasteiger partial charge on any atom is 0.0992 e. The first kappa shape index (κ1) is 13.5. The molecule has 0 aliphatic rings. The Labute approximate surface area is 103 Å². The molecule has 1 aromatic carbocycles. The van der Waals surface area contributed by atoms with Crippen molar-refractivity contribution in [1.82, 2.24) is 0 Å². The minimum Gasteiger partial charge on any atom is -0.396 e. The SMILES string of the molecule is Cc1ccc(C#N)cc1NCCCCCCO. The van der Waals surface area contributed by atoms with E-state index in [9.17, 15) is 0 Å². The number of unbranched alkanes of at least 4 members (excludes halogenated alkanes) is 3. The molecule has 1 aromatic rings. The van der Waals surface area contributed by atoms with E-state index in [1.807, 2.05) is 25.1 Å². The number of nitrogens with one attached hydrogen (secondary N) is 1. The summed E-state index contributed by atoms with van der Waals surface area (Å²) in [4.78, 5) is 0. The summed E-state index contributed by atoms with van der Waals surface area (Å²) in [6.45, 7) is 3.24. The maximum absolute atomic E-state index is 8.82. The van der Waals surface area contributed by atoms with Gasteiger partial charge in [-0.15, -0.1) is 0 Å². The fourth-order valence-corrected chi connectivity index (χ4v) is 1.70. The van der Waals surface area contributed by atoms with Crippen LogP contribution in [-0.2, 0) is 0 Å². The minimum atomic E-state index is 0.288. The molecule has 0 saturated carbocycles. The molecule has 0 fully saturated rings. The van der Waals surface area contributed by atoms with E-state index >= 15 is 0 Å². The molecule has 0 unspecified atom stereocenters. The third-order valence-electron chi connectivity index (χ3n) is 2.77. The summed E-state index contributed by atoms with van der Waals surface area (Å²) in [5, 5.41) is 20.8. The Morgan fingerprint density at radius 1 is 1.24 bits per heavy atom. The average molecular weight is 232 g/mol. The molecule has 0 spiro atoms. The fraction of sp³-hybridized carbons (Fsp3) is 0.500. The zero-order chi connectivity index (χ0) is 12.5. The molecule has 0 aromatic heterocycles. The van der Waals surface area contributed by atoms with Crippen molar-refractivity contribution in [3.05, 3.63) is 29.3 Å². The van der Waals surface area contributed by atoms with Crippen LogP contribution in [0, 0.1) is 18.3 Å². The van der Waals surface area contributed by atoms with Crippen LogP contribution in [0.1, 0.15) is 36.8 Å². The van der Waals surface area contributed by atoms with Crippen LogP contribution in [-0.4, -0.2) is 18.3 Å². The number of rotatable bonds is 7. The first-order valence-electron chi connectivity index (χ1n) is 6.13. The van der Waals surface area contributed by atoms with Crippen molar-refractivity contribution in [2.24, 2.45) is 0 Å². The Kier molecular flexibility index (Phi) is 6.13. The van der Waals surface area contributed by atoms with E-state index in [0.717, 1.165) is 37.9 Å². The number of aryl methyl sites for hydroxylation is 1. The first-order chi connectivity index (χ1) is 8.27. The standard InChI is InChI=1S/C14H20N2O/c1-12-6-7-13(11-15)10-14(12)16-8-4-2-3-5-9-17/h6-7,10,16-17H,2-5,8-9H2,1H3. The number of benzene rings is 1. The van der Waals surface area contributed by atoms with Gasteiger partial charge in [0.05, 0.1) is 11.6 Å². The molecule has 92 valence electrons. The lowest BCUT2D eigenvalue weighted by atomic mass is 10.1. The third kappa shape index (κ3) is 4.88. The van der Waals surface area contributed by atoms with Gasteiger partial charge in [-0.3, -0.25) is 0 Å². The van der Waals surface area contributed by atoms with E-state index in [-0.39, 0.29) is 6.61 Å². The molecule has 0 saturated heterocycles. The van der Waals surface area contributed by atoms with Crippen LogP contribution in [0.15, 0.2) is 18.2 Å². The number of aliphatic hydroxyl groups is 1. The second-order valence-electron chi connectivity index (χ2n) is 4.21. The quantitative estimate of drug-likeness (QED) is 0.711. The number of anilines is 1. The van der Waals surface area contributed by atoms with Gasteiger partial charge < -0.3 is 10.4 Å². The van der Waals surface area contributed by atoms with Crippen LogP contribution in [0.5, 0.6) is 0 Å². The molecule has 2 N–H and O–H groups in total. The van der Waals surface area contributed by atoms with Crippen LogP contribution in [0.2, 0.25) is 0 Å². The highest BCUT2D eigenvalue weighted by atomic mass is 16.2. The molecule has 0 aliphatic carbocycles. The van der Waals surface area contributed by atoms with Gasteiger partial charge in [0.25, 0.3) is 0 Å². The lowest BCUT2D eigenvalue weighted by Crippen LogP contribution is -2.03. The first-order valence-corrected chi connectivity index (χ1v) is 6.13. The third-order valence-corrected chi connectivity index (χ3v) is 2.77. The summed E-state index contributed by atoms with van der Waals surface area (Å²) in [6.07, 6.45) is 4.19. The van der Waals surface area contributed by atoms with Crippen LogP contribution in [0.25, 0.3) is 0 Å². The van der Waals surface area contributed by atoms with Gasteiger partial charge in [-0.05, 0) is 37.5 Å². The van der Waals surface area contributed by atoms with Gasteiger partial charge in [0.1, 0.15) is 0 Å². The molecule has 0 amide bonds. The largest absolute Gasteiger partial charge is 0.396 e. The molecular weight excluding hydrogens is 212 g/mol. The smallest absolute Gasteiger partial charge is 0.0992 e. The van der Waals surface area contributed by atoms with Gasteiger partial charge in [-0.1, -0.05) is 18.9 Å². The molecule has 0 heterocycles. The molecule has 0 aliphatic heterocycles. The van der Waals surface area contributed by atoms with E-state index < -0.39 is 0 Å². The second-order valence-corrected chi connectivity index (χ2v) is 4.21. The monoisotopic (exact) mass is 232 g/mol. The van der Waals surface area contributed by atoms with E-state index in [0.29, 0.717) is 5.56 Å². The number of nitrogens with zero attached hydrogens (tertiary/aromatic N) is 1. The van der Waals surface area contributed by atoms with Crippen molar-refractivity contribution < 1.29 is 5.11 Å². The van der Waals surface area contributed by atoms with Crippen LogP contribution >= 0.6 is 0 Å². The Morgan fingerprint density at radius 2 is 2.00 bits per heavy atom. The lowest BCUT2D eigenvalue weighted by molar-refractivity contribution is 0.283. The molecule has 3 heteroatoms. The van der Waals surface area contributed by atoms with Crippen LogP contribution in [0.4, 0.5) is 5.69 Å². The van der Waals surface area contributed by atoms with Crippen molar-refractivity contribution in [2.75, 3.05) is 18.5 Å². The predicted octanol–water partition coefficient (Wildman–Crippen LogP) is 2.83. The summed E-state index contributed by atoms with van der Waals surface area (Å²) < 4.78 is 0. The van der Waals surface area contributed by atoms with Crippen molar-refractivity contribution >= 4 is 5.69 Å². The normalized spacial score (nSPS) is 9.94. The van der Waals surface area contributed by atoms with Gasteiger partial charge in [-0.2, -0.15) is 5.26 Å². The molecule has 1 rings (SSSR count). The second kappa shape index (κ2) is 7.70. The number of aliphatic hydroxyl groups excluding tert-OH is 1. The number of hydrogen-bond acceptors (Lipinski definition) is 3. The summed E-state index contributed by atoms with van der Waals surface area (Å²) in [5.41, 5.74) is 2.91. The summed E-state index contributed by atoms with van der Waals surface area (Å²) in [6, 6.07) is 7.84. The zero-order valence-corrected chi connectivity index (χ0v) is 10.4. The molecule has 0 atom stereocenters. The molecule has 17 heavy (non-hydrogen) atoms. The van der Waals surface area contributed by atoms with Crippen molar-refractivity contribution in [2.45, 2.75) is 32.6 Å². The van der Waals surface area contributed by atoms with Gasteiger partial charge >= 0.3 is 0 Å². The molecule has 3 nitrogen and oxygen atoms in total. The number of nitriles is 1. The van der Waals surface area contributed by atoms with E-state index in [2.05, 4.69) is 11.4 Å². The molecule has 0 bridgehead atoms. The van der Waals surface area contributed by atoms with E-state index in [1.165, 1.54) is 5.56 Å². The highest BCUT2D eigenvalue weighted by Crippen LogP contribution is 2.16. The Balaban J connectivity index is 2.33.